The van der Waals surface area contributed by atoms with Gasteiger partial charge in [-0.1, -0.05) is 55.2 Å². The Morgan fingerprint density at radius 1 is 0.962 bits per heavy atom. The van der Waals surface area contributed by atoms with Gasteiger partial charge in [0.15, 0.2) is 0 Å². The van der Waals surface area contributed by atoms with Crippen molar-refractivity contribution in [3.8, 4) is 0 Å². The van der Waals surface area contributed by atoms with Crippen LogP contribution in [0.4, 0.5) is 11.4 Å². The van der Waals surface area contributed by atoms with E-state index in [0.717, 1.165) is 11.3 Å². The van der Waals surface area contributed by atoms with Gasteiger partial charge in [0.1, 0.15) is 5.41 Å². The second-order valence-electron chi connectivity index (χ2n) is 6.86. The maximum atomic E-state index is 12.8. The molecule has 0 heterocycles. The standard InChI is InChI=1S/C20H20Cl2N2O2/c1-12(2)14-5-3-4-6-17(14)24-19(26)20(9-10-20)18(25)23-13-7-8-15(21)16(22)11-13/h3-8,11-12H,9-10H2,1-2H3,(H,23,25)(H,24,26). The van der Waals surface area contributed by atoms with E-state index in [1.807, 2.05) is 24.3 Å². The fourth-order valence-corrected chi connectivity index (χ4v) is 3.16. The molecule has 0 atom stereocenters. The van der Waals surface area contributed by atoms with Gasteiger partial charge in [-0.15, -0.1) is 0 Å². The number of nitrogens with one attached hydrogen (secondary N) is 2. The number of carbonyl (C=O) groups is 2. The van der Waals surface area contributed by atoms with E-state index in [1.165, 1.54) is 0 Å². The Bertz CT molecular complexity index is 861. The molecular weight excluding hydrogens is 371 g/mol. The summed E-state index contributed by atoms with van der Waals surface area (Å²) < 4.78 is 0. The van der Waals surface area contributed by atoms with E-state index in [2.05, 4.69) is 24.5 Å². The number of benzene rings is 2. The normalized spacial score (nSPS) is 14.8. The Hall–Kier alpha value is -2.04. The number of hydrogen-bond acceptors (Lipinski definition) is 2. The summed E-state index contributed by atoms with van der Waals surface area (Å²) in [5.41, 5.74) is 1.28. The van der Waals surface area contributed by atoms with Crippen LogP contribution in [0.3, 0.4) is 0 Å². The Morgan fingerprint density at radius 3 is 2.23 bits per heavy atom. The molecule has 4 nitrogen and oxygen atoms in total. The minimum absolute atomic E-state index is 0.270. The van der Waals surface area contributed by atoms with Crippen molar-refractivity contribution in [3.05, 3.63) is 58.1 Å². The molecule has 1 aliphatic carbocycles. The van der Waals surface area contributed by atoms with Crippen molar-refractivity contribution in [2.45, 2.75) is 32.6 Å². The molecule has 0 spiro atoms. The quantitative estimate of drug-likeness (QED) is 0.664. The van der Waals surface area contributed by atoms with Gasteiger partial charge in [-0.05, 0) is 48.6 Å². The molecule has 1 aliphatic rings. The summed E-state index contributed by atoms with van der Waals surface area (Å²) >= 11 is 11.9. The van der Waals surface area contributed by atoms with Crippen molar-refractivity contribution in [1.29, 1.82) is 0 Å². The van der Waals surface area contributed by atoms with Crippen molar-refractivity contribution >= 4 is 46.4 Å². The van der Waals surface area contributed by atoms with Crippen molar-refractivity contribution in [1.82, 2.24) is 0 Å². The molecule has 26 heavy (non-hydrogen) atoms. The number of halogens is 2. The molecule has 0 unspecified atom stereocenters. The van der Waals surface area contributed by atoms with Gasteiger partial charge in [0.25, 0.3) is 0 Å². The van der Waals surface area contributed by atoms with E-state index < -0.39 is 5.41 Å². The molecule has 6 heteroatoms. The van der Waals surface area contributed by atoms with Gasteiger partial charge in [0.05, 0.1) is 10.0 Å². The summed E-state index contributed by atoms with van der Waals surface area (Å²) in [6.45, 7) is 4.13. The van der Waals surface area contributed by atoms with Crippen LogP contribution in [0.15, 0.2) is 42.5 Å². The van der Waals surface area contributed by atoms with Gasteiger partial charge < -0.3 is 10.6 Å². The van der Waals surface area contributed by atoms with Crippen molar-refractivity contribution in [2.24, 2.45) is 5.41 Å². The van der Waals surface area contributed by atoms with Gasteiger partial charge in [0, 0.05) is 11.4 Å². The van der Waals surface area contributed by atoms with Crippen molar-refractivity contribution in [2.75, 3.05) is 10.6 Å². The molecule has 0 radical (unpaired) electrons. The third-order valence-corrected chi connectivity index (χ3v) is 5.37. The minimum Gasteiger partial charge on any atom is -0.325 e. The second-order valence-corrected chi connectivity index (χ2v) is 7.68. The fraction of sp³-hybridized carbons (Fsp3) is 0.300. The lowest BCUT2D eigenvalue weighted by Crippen LogP contribution is -2.35. The van der Waals surface area contributed by atoms with Crippen LogP contribution in [0, 0.1) is 5.41 Å². The SMILES string of the molecule is CC(C)c1ccccc1NC(=O)C1(C(=O)Nc2ccc(Cl)c(Cl)c2)CC1. The molecular formula is C20H20Cl2N2O2. The van der Waals surface area contributed by atoms with E-state index in [-0.39, 0.29) is 17.7 Å². The van der Waals surface area contributed by atoms with Crippen molar-refractivity contribution < 1.29 is 9.59 Å². The molecule has 2 amide bonds. The van der Waals surface area contributed by atoms with Crippen LogP contribution in [0.25, 0.3) is 0 Å². The zero-order valence-corrected chi connectivity index (χ0v) is 16.1. The second kappa shape index (κ2) is 7.29. The summed E-state index contributed by atoms with van der Waals surface area (Å²) in [4.78, 5) is 25.5. The van der Waals surface area contributed by atoms with Crippen LogP contribution in [0.5, 0.6) is 0 Å². The molecule has 0 bridgehead atoms. The molecule has 2 N–H and O–H groups in total. The minimum atomic E-state index is -1.03. The van der Waals surface area contributed by atoms with Gasteiger partial charge in [-0.25, -0.2) is 0 Å². The van der Waals surface area contributed by atoms with E-state index in [1.54, 1.807) is 18.2 Å². The maximum absolute atomic E-state index is 12.8. The van der Waals surface area contributed by atoms with Crippen LogP contribution in [0.2, 0.25) is 10.0 Å². The Labute approximate surface area is 162 Å². The molecule has 3 rings (SSSR count). The maximum Gasteiger partial charge on any atom is 0.240 e. The van der Waals surface area contributed by atoms with E-state index in [9.17, 15) is 9.59 Å². The highest BCUT2D eigenvalue weighted by atomic mass is 35.5. The van der Waals surface area contributed by atoms with Gasteiger partial charge in [-0.2, -0.15) is 0 Å². The summed E-state index contributed by atoms with van der Waals surface area (Å²) in [5.74, 6) is -0.328. The van der Waals surface area contributed by atoms with Crippen LogP contribution in [0.1, 0.15) is 38.2 Å². The monoisotopic (exact) mass is 390 g/mol. The number of hydrogen-bond donors (Lipinski definition) is 2. The van der Waals surface area contributed by atoms with E-state index >= 15 is 0 Å². The van der Waals surface area contributed by atoms with E-state index in [0.29, 0.717) is 28.6 Å². The largest absolute Gasteiger partial charge is 0.325 e. The number of carbonyl (C=O) groups excluding carboxylic acids is 2. The van der Waals surface area contributed by atoms with Crippen LogP contribution in [-0.4, -0.2) is 11.8 Å². The van der Waals surface area contributed by atoms with E-state index in [4.69, 9.17) is 23.2 Å². The first-order valence-electron chi connectivity index (χ1n) is 8.50. The lowest BCUT2D eigenvalue weighted by Gasteiger charge is -2.18. The molecule has 2 aromatic carbocycles. The fourth-order valence-electron chi connectivity index (χ4n) is 2.86. The Balaban J connectivity index is 1.75. The highest BCUT2D eigenvalue weighted by Crippen LogP contribution is 2.48. The molecule has 0 aromatic heterocycles. The average Bonchev–Trinajstić information content (AvgIpc) is 3.40. The summed E-state index contributed by atoms with van der Waals surface area (Å²) in [5, 5.41) is 6.47. The predicted molar refractivity (Wildman–Crippen MR) is 106 cm³/mol. The number of anilines is 2. The summed E-state index contributed by atoms with van der Waals surface area (Å²) in [7, 11) is 0. The summed E-state index contributed by atoms with van der Waals surface area (Å²) in [6, 6.07) is 12.5. The predicted octanol–water partition coefficient (Wildman–Crippen LogP) is 5.47. The molecule has 0 saturated heterocycles. The first-order valence-corrected chi connectivity index (χ1v) is 9.26. The highest BCUT2D eigenvalue weighted by Gasteiger charge is 2.56. The number of para-hydroxylation sites is 1. The zero-order valence-electron chi connectivity index (χ0n) is 14.6. The lowest BCUT2D eigenvalue weighted by molar-refractivity contribution is -0.131. The number of amides is 2. The number of rotatable bonds is 5. The van der Waals surface area contributed by atoms with Gasteiger partial charge >= 0.3 is 0 Å². The molecule has 136 valence electrons. The topological polar surface area (TPSA) is 58.2 Å². The molecule has 0 aliphatic heterocycles. The van der Waals surface area contributed by atoms with Crippen molar-refractivity contribution in [3.63, 3.8) is 0 Å². The smallest absolute Gasteiger partial charge is 0.240 e. The Morgan fingerprint density at radius 2 is 1.62 bits per heavy atom. The first kappa shape index (κ1) is 18.7. The first-order chi connectivity index (χ1) is 12.3. The van der Waals surface area contributed by atoms with Crippen LogP contribution >= 0.6 is 23.2 Å². The molecule has 1 saturated carbocycles. The molecule has 2 aromatic rings. The average molecular weight is 391 g/mol. The summed E-state index contributed by atoms with van der Waals surface area (Å²) in [6.07, 6.45) is 1.05. The van der Waals surface area contributed by atoms with Gasteiger partial charge in [-0.3, -0.25) is 9.59 Å². The lowest BCUT2D eigenvalue weighted by atomic mass is 9.99. The van der Waals surface area contributed by atoms with Crippen LogP contribution < -0.4 is 10.6 Å². The Kier molecular flexibility index (Phi) is 5.26. The highest BCUT2D eigenvalue weighted by molar-refractivity contribution is 6.42. The third-order valence-electron chi connectivity index (χ3n) is 4.63. The zero-order chi connectivity index (χ0) is 18.9. The molecule has 1 fully saturated rings. The third kappa shape index (κ3) is 3.71. The van der Waals surface area contributed by atoms with Crippen LogP contribution in [-0.2, 0) is 9.59 Å². The van der Waals surface area contributed by atoms with Gasteiger partial charge in [0.2, 0.25) is 11.8 Å².